The quantitative estimate of drug-likeness (QED) is 0.447. The molecule has 0 spiro atoms. The summed E-state index contributed by atoms with van der Waals surface area (Å²) in [5, 5.41) is 21.8. The highest BCUT2D eigenvalue weighted by Crippen LogP contribution is 2.37. The van der Waals surface area contributed by atoms with E-state index in [9.17, 15) is 28.2 Å². The van der Waals surface area contributed by atoms with Gasteiger partial charge < -0.3 is 15.5 Å². The molecule has 1 heterocycles. The fourth-order valence-corrected chi connectivity index (χ4v) is 3.50. The summed E-state index contributed by atoms with van der Waals surface area (Å²) in [7, 11) is 0. The normalized spacial score (nSPS) is 17.6. The summed E-state index contributed by atoms with van der Waals surface area (Å²) in [4.78, 5) is 16.3. The number of hydrogen-bond acceptors (Lipinski definition) is 5. The number of thioether (sulfide) groups is 1. The lowest BCUT2D eigenvalue weighted by atomic mass is 10.2. The van der Waals surface area contributed by atoms with Crippen molar-refractivity contribution < 1.29 is 28.2 Å². The molecule has 3 rings (SSSR count). The molecule has 0 aliphatic carbocycles. The van der Waals surface area contributed by atoms with Gasteiger partial charge in [0, 0.05) is 0 Å². The number of aromatic hydroxyl groups is 2. The largest absolute Gasteiger partial charge is 0.504 e. The Morgan fingerprint density at radius 2 is 1.93 bits per heavy atom. The number of phenols is 2. The number of rotatable bonds is 2. The van der Waals surface area contributed by atoms with E-state index in [1.54, 1.807) is 0 Å². The predicted molar refractivity (Wildman–Crippen MR) is 99.7 cm³/mol. The molecule has 0 radical (unpaired) electrons. The summed E-state index contributed by atoms with van der Waals surface area (Å²) in [5.41, 5.74) is -0.340. The van der Waals surface area contributed by atoms with Crippen LogP contribution < -0.4 is 5.32 Å². The number of carbonyl (C=O) groups is 1. The molecule has 10 heteroatoms. The monoisotopic (exact) mass is 458 g/mol. The van der Waals surface area contributed by atoms with Gasteiger partial charge in [-0.25, -0.2) is 4.99 Å². The molecule has 1 saturated heterocycles. The molecule has 0 bridgehead atoms. The standard InChI is InChI=1S/C17H10BrF3N2O3S/c18-11-4-8(5-12(24)14(11)25)6-13-15(26)23-16(27-13)22-10-3-1-2-9(7-10)17(19,20)21/h1-7,24-25H,(H,22,23,26). The topological polar surface area (TPSA) is 81.9 Å². The van der Waals surface area contributed by atoms with Gasteiger partial charge in [-0.15, -0.1) is 0 Å². The second-order valence-corrected chi connectivity index (χ2v) is 7.29. The molecule has 2 aromatic carbocycles. The minimum atomic E-state index is -4.48. The zero-order valence-electron chi connectivity index (χ0n) is 13.2. The molecule has 3 N–H and O–H groups in total. The van der Waals surface area contributed by atoms with Crippen molar-refractivity contribution in [2.45, 2.75) is 6.18 Å². The van der Waals surface area contributed by atoms with Crippen molar-refractivity contribution in [2.75, 3.05) is 0 Å². The molecule has 1 aliphatic heterocycles. The fourth-order valence-electron chi connectivity index (χ4n) is 2.19. The molecule has 140 valence electrons. The van der Waals surface area contributed by atoms with Crippen molar-refractivity contribution in [2.24, 2.45) is 4.99 Å². The van der Waals surface area contributed by atoms with Gasteiger partial charge in [0.2, 0.25) is 0 Å². The molecule has 1 amide bonds. The highest BCUT2D eigenvalue weighted by molar-refractivity contribution is 9.10. The lowest BCUT2D eigenvalue weighted by molar-refractivity contribution is -0.137. The third kappa shape index (κ3) is 4.45. The molecule has 0 aromatic heterocycles. The Balaban J connectivity index is 1.86. The number of halogens is 4. The maximum Gasteiger partial charge on any atom is 0.416 e. The molecule has 2 aromatic rings. The lowest BCUT2D eigenvalue weighted by Crippen LogP contribution is -2.19. The number of hydrogen-bond donors (Lipinski definition) is 3. The van der Waals surface area contributed by atoms with Crippen molar-refractivity contribution in [3.8, 4) is 11.5 Å². The number of alkyl halides is 3. The van der Waals surface area contributed by atoms with Gasteiger partial charge in [0.15, 0.2) is 16.7 Å². The first-order valence-corrected chi connectivity index (χ1v) is 8.93. The number of nitrogens with zero attached hydrogens (tertiary/aromatic N) is 1. The van der Waals surface area contributed by atoms with Gasteiger partial charge in [-0.05, 0) is 69.7 Å². The van der Waals surface area contributed by atoms with Crippen molar-refractivity contribution in [3.05, 3.63) is 56.9 Å². The second-order valence-electron chi connectivity index (χ2n) is 5.40. The highest BCUT2D eigenvalue weighted by atomic mass is 79.9. The molecule has 0 atom stereocenters. The maximum atomic E-state index is 12.8. The van der Waals surface area contributed by atoms with E-state index < -0.39 is 17.6 Å². The minimum absolute atomic E-state index is 0.0545. The number of aliphatic imine (C=N–C) groups is 1. The first-order chi connectivity index (χ1) is 12.6. The SMILES string of the molecule is O=C1NC(=Nc2cccc(C(F)(F)F)c2)SC1=Cc1cc(O)c(O)c(Br)c1. The van der Waals surface area contributed by atoms with Crippen molar-refractivity contribution in [1.82, 2.24) is 5.32 Å². The number of nitrogens with one attached hydrogen (secondary N) is 1. The first-order valence-electron chi connectivity index (χ1n) is 7.32. The minimum Gasteiger partial charge on any atom is -0.504 e. The van der Waals surface area contributed by atoms with E-state index in [0.29, 0.717) is 5.56 Å². The molecular formula is C17H10BrF3N2O3S. The third-order valence-electron chi connectivity index (χ3n) is 3.42. The Labute approximate surface area is 163 Å². The van der Waals surface area contributed by atoms with Crippen LogP contribution in [0, 0.1) is 0 Å². The van der Waals surface area contributed by atoms with Crippen LogP contribution in [0.1, 0.15) is 11.1 Å². The summed E-state index contributed by atoms with van der Waals surface area (Å²) in [6.07, 6.45) is -3.03. The van der Waals surface area contributed by atoms with Gasteiger partial charge in [-0.1, -0.05) is 6.07 Å². The number of phenolic OH excluding ortho intramolecular Hbond substituents is 2. The summed E-state index contributed by atoms with van der Waals surface area (Å²) in [5.74, 6) is -1.17. The Hall–Kier alpha value is -2.46. The number of amidine groups is 1. The Bertz CT molecular complexity index is 967. The zero-order chi connectivity index (χ0) is 19.8. The average Bonchev–Trinajstić information content (AvgIpc) is 2.91. The number of carbonyl (C=O) groups excluding carboxylic acids is 1. The van der Waals surface area contributed by atoms with E-state index >= 15 is 0 Å². The van der Waals surface area contributed by atoms with Crippen LogP contribution in [0.2, 0.25) is 0 Å². The predicted octanol–water partition coefficient (Wildman–Crippen LogP) is 4.77. The summed E-state index contributed by atoms with van der Waals surface area (Å²) < 4.78 is 38.5. The van der Waals surface area contributed by atoms with E-state index in [-0.39, 0.29) is 31.7 Å². The van der Waals surface area contributed by atoms with E-state index in [0.717, 1.165) is 23.9 Å². The van der Waals surface area contributed by atoms with Gasteiger partial charge in [0.05, 0.1) is 20.6 Å². The molecule has 1 fully saturated rings. The van der Waals surface area contributed by atoms with Crippen LogP contribution in [0.25, 0.3) is 6.08 Å². The van der Waals surface area contributed by atoms with Crippen LogP contribution >= 0.6 is 27.7 Å². The Morgan fingerprint density at radius 3 is 2.59 bits per heavy atom. The van der Waals surface area contributed by atoms with E-state index in [4.69, 9.17) is 0 Å². The zero-order valence-corrected chi connectivity index (χ0v) is 15.6. The van der Waals surface area contributed by atoms with Gasteiger partial charge in [-0.2, -0.15) is 13.2 Å². The second kappa shape index (κ2) is 7.28. The van der Waals surface area contributed by atoms with Crippen LogP contribution in [0.5, 0.6) is 11.5 Å². The smallest absolute Gasteiger partial charge is 0.416 e. The van der Waals surface area contributed by atoms with Crippen LogP contribution in [-0.2, 0) is 11.0 Å². The van der Waals surface area contributed by atoms with E-state index in [2.05, 4.69) is 26.2 Å². The average molecular weight is 459 g/mol. The lowest BCUT2D eigenvalue weighted by Gasteiger charge is -2.06. The molecule has 5 nitrogen and oxygen atoms in total. The fraction of sp³-hybridized carbons (Fsp3) is 0.0588. The van der Waals surface area contributed by atoms with Crippen molar-refractivity contribution in [3.63, 3.8) is 0 Å². The molecule has 0 unspecified atom stereocenters. The summed E-state index contributed by atoms with van der Waals surface area (Å²) in [6.45, 7) is 0. The van der Waals surface area contributed by atoms with Crippen molar-refractivity contribution in [1.29, 1.82) is 0 Å². The Morgan fingerprint density at radius 1 is 1.19 bits per heavy atom. The Kier molecular flexibility index (Phi) is 5.20. The third-order valence-corrected chi connectivity index (χ3v) is 4.93. The number of amides is 1. The van der Waals surface area contributed by atoms with Crippen LogP contribution in [0.3, 0.4) is 0 Å². The maximum absolute atomic E-state index is 12.8. The highest BCUT2D eigenvalue weighted by Gasteiger charge is 2.30. The van der Waals surface area contributed by atoms with Gasteiger partial charge in [0.1, 0.15) is 0 Å². The van der Waals surface area contributed by atoms with Crippen LogP contribution in [0.15, 0.2) is 50.8 Å². The summed E-state index contributed by atoms with van der Waals surface area (Å²) in [6, 6.07) is 7.21. The van der Waals surface area contributed by atoms with Gasteiger partial charge in [0.25, 0.3) is 5.91 Å². The molecule has 1 aliphatic rings. The van der Waals surface area contributed by atoms with E-state index in [1.807, 2.05) is 0 Å². The number of benzene rings is 2. The van der Waals surface area contributed by atoms with Crippen molar-refractivity contribution >= 4 is 50.5 Å². The molecule has 0 saturated carbocycles. The van der Waals surface area contributed by atoms with Crippen LogP contribution in [-0.4, -0.2) is 21.3 Å². The van der Waals surface area contributed by atoms with Crippen LogP contribution in [0.4, 0.5) is 18.9 Å². The molecular weight excluding hydrogens is 449 g/mol. The molecule has 27 heavy (non-hydrogen) atoms. The van der Waals surface area contributed by atoms with Gasteiger partial charge >= 0.3 is 6.18 Å². The summed E-state index contributed by atoms with van der Waals surface area (Å²) >= 11 is 4.03. The van der Waals surface area contributed by atoms with E-state index in [1.165, 1.54) is 30.3 Å². The van der Waals surface area contributed by atoms with Gasteiger partial charge in [-0.3, -0.25) is 4.79 Å². The first kappa shape index (κ1) is 19.3.